The number of nitrogens with one attached hydrogen (secondary N) is 2. The lowest BCUT2D eigenvalue weighted by molar-refractivity contribution is 0.0506. The first-order valence-corrected chi connectivity index (χ1v) is 7.02. The van der Waals surface area contributed by atoms with Crippen LogP contribution in [0.15, 0.2) is 16.8 Å². The van der Waals surface area contributed by atoms with E-state index >= 15 is 0 Å². The summed E-state index contributed by atoms with van der Waals surface area (Å²) in [5, 5.41) is 9.04. The van der Waals surface area contributed by atoms with Crippen LogP contribution in [0.3, 0.4) is 0 Å². The van der Waals surface area contributed by atoms with Crippen LogP contribution in [0.5, 0.6) is 0 Å². The summed E-state index contributed by atoms with van der Waals surface area (Å²) in [6.45, 7) is 7.56. The summed E-state index contributed by atoms with van der Waals surface area (Å²) >= 11 is 1.47. The summed E-state index contributed by atoms with van der Waals surface area (Å²) in [5.74, 6) is -0.140. The Morgan fingerprint density at radius 1 is 1.42 bits per heavy atom. The molecule has 0 fully saturated rings. The van der Waals surface area contributed by atoms with Crippen LogP contribution in [-0.2, 0) is 4.74 Å². The predicted molar refractivity (Wildman–Crippen MR) is 75.5 cm³/mol. The van der Waals surface area contributed by atoms with Gasteiger partial charge in [-0.2, -0.15) is 11.3 Å². The standard InChI is InChI=1S/C13H20N2O3S/c1-9(15-12(17)18-13(2,3)4)7-14-11(16)10-5-6-19-8-10/h5-6,8-9H,7H2,1-4H3,(H,14,16)(H,15,17)/t9-/m1/s1. The van der Waals surface area contributed by atoms with Crippen molar-refractivity contribution >= 4 is 23.3 Å². The van der Waals surface area contributed by atoms with Crippen molar-refractivity contribution in [1.82, 2.24) is 10.6 Å². The lowest BCUT2D eigenvalue weighted by Gasteiger charge is -2.22. The van der Waals surface area contributed by atoms with E-state index < -0.39 is 11.7 Å². The fourth-order valence-corrected chi connectivity index (χ4v) is 1.94. The molecule has 1 atom stereocenters. The molecule has 2 N–H and O–H groups in total. The maximum Gasteiger partial charge on any atom is 0.407 e. The van der Waals surface area contributed by atoms with Crippen LogP contribution in [0.1, 0.15) is 38.1 Å². The molecule has 2 amide bonds. The lowest BCUT2D eigenvalue weighted by atomic mass is 10.2. The largest absolute Gasteiger partial charge is 0.444 e. The Balaban J connectivity index is 2.30. The molecule has 1 heterocycles. The number of hydrogen-bond donors (Lipinski definition) is 2. The summed E-state index contributed by atoms with van der Waals surface area (Å²) in [4.78, 5) is 23.2. The maximum atomic E-state index is 11.7. The number of rotatable bonds is 4. The van der Waals surface area contributed by atoms with Gasteiger partial charge in [0.05, 0.1) is 0 Å². The molecule has 0 spiro atoms. The van der Waals surface area contributed by atoms with Gasteiger partial charge in [0.15, 0.2) is 0 Å². The Kier molecular flexibility index (Phi) is 5.35. The SMILES string of the molecule is C[C@H](CNC(=O)c1ccsc1)NC(=O)OC(C)(C)C. The van der Waals surface area contributed by atoms with E-state index in [0.29, 0.717) is 12.1 Å². The summed E-state index contributed by atoms with van der Waals surface area (Å²) in [6, 6.07) is 1.56. The van der Waals surface area contributed by atoms with E-state index in [1.165, 1.54) is 11.3 Å². The fraction of sp³-hybridized carbons (Fsp3) is 0.538. The number of hydrogen-bond acceptors (Lipinski definition) is 4. The van der Waals surface area contributed by atoms with Crippen molar-refractivity contribution < 1.29 is 14.3 Å². The number of amides is 2. The highest BCUT2D eigenvalue weighted by Gasteiger charge is 2.17. The molecule has 0 unspecified atom stereocenters. The minimum absolute atomic E-state index is 0.140. The monoisotopic (exact) mass is 284 g/mol. The molecular weight excluding hydrogens is 264 g/mol. The number of thiophene rings is 1. The second kappa shape index (κ2) is 6.56. The van der Waals surface area contributed by atoms with Gasteiger partial charge < -0.3 is 15.4 Å². The van der Waals surface area contributed by atoms with E-state index in [1.807, 2.05) is 5.38 Å². The number of carbonyl (C=O) groups excluding carboxylic acids is 2. The normalized spacial score (nSPS) is 12.6. The number of ether oxygens (including phenoxy) is 1. The van der Waals surface area contributed by atoms with Crippen molar-refractivity contribution in [2.45, 2.75) is 39.3 Å². The van der Waals surface area contributed by atoms with Crippen LogP contribution in [0.25, 0.3) is 0 Å². The van der Waals surface area contributed by atoms with Gasteiger partial charge in [-0.1, -0.05) is 0 Å². The molecule has 0 radical (unpaired) electrons. The van der Waals surface area contributed by atoms with Crippen molar-refractivity contribution in [2.24, 2.45) is 0 Å². The van der Waals surface area contributed by atoms with E-state index in [9.17, 15) is 9.59 Å². The third-order valence-corrected chi connectivity index (χ3v) is 2.80. The van der Waals surface area contributed by atoms with Gasteiger partial charge in [-0.15, -0.1) is 0 Å². The van der Waals surface area contributed by atoms with Gasteiger partial charge in [-0.3, -0.25) is 4.79 Å². The summed E-state index contributed by atoms with van der Waals surface area (Å²) < 4.78 is 5.13. The first kappa shape index (κ1) is 15.5. The van der Waals surface area contributed by atoms with Crippen molar-refractivity contribution in [3.63, 3.8) is 0 Å². The van der Waals surface area contributed by atoms with E-state index in [4.69, 9.17) is 4.74 Å². The Morgan fingerprint density at radius 3 is 2.63 bits per heavy atom. The third kappa shape index (κ3) is 6.24. The number of alkyl carbamates (subject to hydrolysis) is 1. The summed E-state index contributed by atoms with van der Waals surface area (Å²) in [7, 11) is 0. The summed E-state index contributed by atoms with van der Waals surface area (Å²) in [6.07, 6.45) is -0.482. The fourth-order valence-electron chi connectivity index (χ4n) is 1.30. The second-order valence-corrected chi connectivity index (χ2v) is 6.05. The third-order valence-electron chi connectivity index (χ3n) is 2.12. The summed E-state index contributed by atoms with van der Waals surface area (Å²) in [5.41, 5.74) is 0.110. The van der Waals surface area contributed by atoms with Crippen molar-refractivity contribution in [2.75, 3.05) is 6.54 Å². The Morgan fingerprint density at radius 2 is 2.11 bits per heavy atom. The molecular formula is C13H20N2O3S. The van der Waals surface area contributed by atoms with E-state index in [0.717, 1.165) is 0 Å². The minimum atomic E-state index is -0.524. The molecule has 19 heavy (non-hydrogen) atoms. The first-order chi connectivity index (χ1) is 8.78. The van der Waals surface area contributed by atoms with Crippen LogP contribution in [0, 0.1) is 0 Å². The maximum absolute atomic E-state index is 11.7. The molecule has 0 bridgehead atoms. The molecule has 0 aliphatic heterocycles. The van der Waals surface area contributed by atoms with Crippen LogP contribution >= 0.6 is 11.3 Å². The molecule has 106 valence electrons. The van der Waals surface area contributed by atoms with Crippen molar-refractivity contribution in [3.05, 3.63) is 22.4 Å². The topological polar surface area (TPSA) is 67.4 Å². The molecule has 0 saturated heterocycles. The molecule has 5 nitrogen and oxygen atoms in total. The molecule has 0 aromatic carbocycles. The van der Waals surface area contributed by atoms with Crippen LogP contribution < -0.4 is 10.6 Å². The average Bonchev–Trinajstić information content (AvgIpc) is 2.76. The zero-order valence-electron chi connectivity index (χ0n) is 11.6. The second-order valence-electron chi connectivity index (χ2n) is 5.27. The van der Waals surface area contributed by atoms with Crippen LogP contribution in [-0.4, -0.2) is 30.2 Å². The van der Waals surface area contributed by atoms with E-state index in [-0.39, 0.29) is 11.9 Å². The quantitative estimate of drug-likeness (QED) is 0.892. The molecule has 0 aliphatic carbocycles. The molecule has 1 rings (SSSR count). The highest BCUT2D eigenvalue weighted by Crippen LogP contribution is 2.07. The van der Waals surface area contributed by atoms with Crippen LogP contribution in [0.2, 0.25) is 0 Å². The Bertz CT molecular complexity index is 424. The van der Waals surface area contributed by atoms with Gasteiger partial charge >= 0.3 is 6.09 Å². The Labute approximate surface area is 117 Å². The van der Waals surface area contributed by atoms with Crippen molar-refractivity contribution in [1.29, 1.82) is 0 Å². The lowest BCUT2D eigenvalue weighted by Crippen LogP contribution is -2.43. The highest BCUT2D eigenvalue weighted by molar-refractivity contribution is 7.08. The van der Waals surface area contributed by atoms with Gasteiger partial charge in [0.1, 0.15) is 5.60 Å². The Hall–Kier alpha value is -1.56. The van der Waals surface area contributed by atoms with E-state index in [2.05, 4.69) is 10.6 Å². The first-order valence-electron chi connectivity index (χ1n) is 6.08. The minimum Gasteiger partial charge on any atom is -0.444 e. The molecule has 1 aromatic rings. The van der Waals surface area contributed by atoms with Gasteiger partial charge in [-0.25, -0.2) is 4.79 Å². The van der Waals surface area contributed by atoms with Gasteiger partial charge in [0.25, 0.3) is 5.91 Å². The van der Waals surface area contributed by atoms with Crippen LogP contribution in [0.4, 0.5) is 4.79 Å². The van der Waals surface area contributed by atoms with E-state index in [1.54, 1.807) is 39.1 Å². The van der Waals surface area contributed by atoms with Gasteiger partial charge in [0, 0.05) is 23.5 Å². The zero-order valence-corrected chi connectivity index (χ0v) is 12.5. The predicted octanol–water partition coefficient (Wildman–Crippen LogP) is 2.39. The molecule has 0 aliphatic rings. The molecule has 1 aromatic heterocycles. The van der Waals surface area contributed by atoms with Crippen molar-refractivity contribution in [3.8, 4) is 0 Å². The smallest absolute Gasteiger partial charge is 0.407 e. The highest BCUT2D eigenvalue weighted by atomic mass is 32.1. The average molecular weight is 284 g/mol. The molecule has 6 heteroatoms. The van der Waals surface area contributed by atoms with Gasteiger partial charge in [-0.05, 0) is 39.1 Å². The van der Waals surface area contributed by atoms with Gasteiger partial charge in [0.2, 0.25) is 0 Å². The zero-order chi connectivity index (χ0) is 14.5. The molecule has 0 saturated carbocycles. The number of carbonyl (C=O) groups is 2.